The van der Waals surface area contributed by atoms with Crippen LogP contribution in [-0.4, -0.2) is 40.1 Å². The lowest BCUT2D eigenvalue weighted by atomic mass is 9.93. The van der Waals surface area contributed by atoms with E-state index in [1.807, 2.05) is 6.92 Å². The van der Waals surface area contributed by atoms with Gasteiger partial charge < -0.3 is 15.0 Å². The van der Waals surface area contributed by atoms with Crippen LogP contribution in [0, 0.1) is 12.7 Å². The van der Waals surface area contributed by atoms with E-state index >= 15 is 0 Å². The molecule has 1 fully saturated rings. The number of carbonyl (C=O) groups excluding carboxylic acids is 1. The van der Waals surface area contributed by atoms with Crippen molar-refractivity contribution in [3.05, 3.63) is 59.6 Å². The predicted octanol–water partition coefficient (Wildman–Crippen LogP) is 2.71. The summed E-state index contributed by atoms with van der Waals surface area (Å²) in [6.45, 7) is 2.90. The fourth-order valence-electron chi connectivity index (χ4n) is 3.40. The van der Waals surface area contributed by atoms with Gasteiger partial charge in [0.1, 0.15) is 17.8 Å². The fourth-order valence-corrected chi connectivity index (χ4v) is 3.40. The van der Waals surface area contributed by atoms with Crippen molar-refractivity contribution in [2.24, 2.45) is 0 Å². The van der Waals surface area contributed by atoms with Crippen molar-refractivity contribution in [1.82, 2.24) is 20.3 Å². The van der Waals surface area contributed by atoms with Gasteiger partial charge in [-0.3, -0.25) is 4.79 Å². The lowest BCUT2D eigenvalue weighted by Crippen LogP contribution is -2.43. The van der Waals surface area contributed by atoms with Gasteiger partial charge in [0.05, 0.1) is 24.8 Å². The Balaban J connectivity index is 1.49. The maximum absolute atomic E-state index is 14.0. The molecule has 4 rings (SSSR count). The van der Waals surface area contributed by atoms with Crippen LogP contribution in [0.5, 0.6) is 0 Å². The van der Waals surface area contributed by atoms with Gasteiger partial charge in [-0.15, -0.1) is 0 Å². The first kappa shape index (κ1) is 16.7. The Morgan fingerprint density at radius 3 is 2.88 bits per heavy atom. The third-order valence-corrected chi connectivity index (χ3v) is 4.79. The molecule has 1 aliphatic heterocycles. The van der Waals surface area contributed by atoms with Crippen LogP contribution in [0.1, 0.15) is 34.0 Å². The average molecular weight is 354 g/mol. The number of amides is 1. The van der Waals surface area contributed by atoms with Crippen molar-refractivity contribution in [1.29, 1.82) is 0 Å². The molecule has 134 valence electrons. The highest BCUT2D eigenvalue weighted by Crippen LogP contribution is 2.25. The molecule has 0 radical (unpaired) electrons. The summed E-state index contributed by atoms with van der Waals surface area (Å²) in [6, 6.07) is 4.53. The van der Waals surface area contributed by atoms with Crippen LogP contribution in [0.15, 0.2) is 36.9 Å². The van der Waals surface area contributed by atoms with E-state index < -0.39 is 0 Å². The van der Waals surface area contributed by atoms with Crippen LogP contribution < -0.4 is 5.32 Å². The summed E-state index contributed by atoms with van der Waals surface area (Å²) < 4.78 is 19.6. The number of nitrogens with one attached hydrogen (secondary N) is 2. The van der Waals surface area contributed by atoms with Crippen molar-refractivity contribution < 1.29 is 13.9 Å². The van der Waals surface area contributed by atoms with Crippen molar-refractivity contribution >= 4 is 16.8 Å². The zero-order valence-corrected chi connectivity index (χ0v) is 14.3. The number of halogens is 1. The van der Waals surface area contributed by atoms with E-state index in [-0.39, 0.29) is 23.7 Å². The highest BCUT2D eigenvalue weighted by atomic mass is 19.1. The topological polar surface area (TPSA) is 79.9 Å². The molecule has 0 bridgehead atoms. The van der Waals surface area contributed by atoms with Crippen LogP contribution in [0.2, 0.25) is 0 Å². The van der Waals surface area contributed by atoms with Crippen LogP contribution >= 0.6 is 0 Å². The summed E-state index contributed by atoms with van der Waals surface area (Å²) in [6.07, 6.45) is 5.78. The number of nitrogens with zero attached hydrogens (tertiary/aromatic N) is 2. The minimum absolute atomic E-state index is 0.126. The summed E-state index contributed by atoms with van der Waals surface area (Å²) in [7, 11) is 0. The Bertz CT molecular complexity index is 902. The zero-order chi connectivity index (χ0) is 18.1. The van der Waals surface area contributed by atoms with Crippen molar-refractivity contribution in [2.75, 3.05) is 13.2 Å². The first-order valence-corrected chi connectivity index (χ1v) is 8.53. The van der Waals surface area contributed by atoms with Gasteiger partial charge in [0.2, 0.25) is 0 Å². The third-order valence-electron chi connectivity index (χ3n) is 4.79. The first-order valence-electron chi connectivity index (χ1n) is 8.53. The zero-order valence-electron chi connectivity index (χ0n) is 14.3. The second kappa shape index (κ2) is 6.84. The average Bonchev–Trinajstić information content (AvgIpc) is 3.13. The molecule has 2 N–H and O–H groups in total. The Labute approximate surface area is 149 Å². The lowest BCUT2D eigenvalue weighted by Gasteiger charge is -2.29. The number of carbonyl (C=O) groups is 1. The SMILES string of the molecule is Cc1ccc(F)c2cc(C(=O)N[C@H]3COC[C@H](c4cncnc4)C3)[nH]c12. The van der Waals surface area contributed by atoms with E-state index in [9.17, 15) is 9.18 Å². The van der Waals surface area contributed by atoms with E-state index in [1.54, 1.807) is 24.5 Å². The molecule has 2 aromatic heterocycles. The number of fused-ring (bicyclic) bond motifs is 1. The van der Waals surface area contributed by atoms with Gasteiger partial charge in [0.25, 0.3) is 5.91 Å². The van der Waals surface area contributed by atoms with Gasteiger partial charge in [-0.1, -0.05) is 6.07 Å². The highest BCUT2D eigenvalue weighted by molar-refractivity contribution is 5.99. The molecule has 2 atom stereocenters. The Morgan fingerprint density at radius 1 is 1.31 bits per heavy atom. The molecule has 3 aromatic rings. The fraction of sp³-hybridized carbons (Fsp3) is 0.316. The minimum atomic E-state index is -0.342. The summed E-state index contributed by atoms with van der Waals surface area (Å²) >= 11 is 0. The second-order valence-corrected chi connectivity index (χ2v) is 6.65. The molecule has 1 aliphatic rings. The molecule has 26 heavy (non-hydrogen) atoms. The number of aromatic amines is 1. The van der Waals surface area contributed by atoms with Crippen molar-refractivity contribution in [2.45, 2.75) is 25.3 Å². The maximum atomic E-state index is 14.0. The standard InChI is InChI=1S/C19H19FN4O2/c1-11-2-3-16(20)15-5-17(24-18(11)15)19(25)23-14-4-12(8-26-9-14)13-6-21-10-22-7-13/h2-3,5-7,10,12,14,24H,4,8-9H2,1H3,(H,23,25)/t12-,14-/m1/s1. The number of hydrogen-bond donors (Lipinski definition) is 2. The first-order chi connectivity index (χ1) is 12.6. The maximum Gasteiger partial charge on any atom is 0.268 e. The van der Waals surface area contributed by atoms with Gasteiger partial charge in [-0.2, -0.15) is 0 Å². The molecule has 0 saturated carbocycles. The molecule has 0 unspecified atom stereocenters. The Morgan fingerprint density at radius 2 is 2.12 bits per heavy atom. The minimum Gasteiger partial charge on any atom is -0.379 e. The van der Waals surface area contributed by atoms with E-state index in [1.165, 1.54) is 12.4 Å². The van der Waals surface area contributed by atoms with Gasteiger partial charge in [-0.25, -0.2) is 14.4 Å². The number of benzene rings is 1. The summed E-state index contributed by atoms with van der Waals surface area (Å²) in [4.78, 5) is 23.7. The van der Waals surface area contributed by atoms with E-state index in [2.05, 4.69) is 20.3 Å². The van der Waals surface area contributed by atoms with Crippen molar-refractivity contribution in [3.8, 4) is 0 Å². The van der Waals surface area contributed by atoms with Crippen LogP contribution in [0.25, 0.3) is 10.9 Å². The summed E-state index contributed by atoms with van der Waals surface area (Å²) in [5.74, 6) is -0.470. The molecule has 1 saturated heterocycles. The van der Waals surface area contributed by atoms with Gasteiger partial charge in [0.15, 0.2) is 0 Å². The van der Waals surface area contributed by atoms with E-state index in [4.69, 9.17) is 4.74 Å². The van der Waals surface area contributed by atoms with E-state index in [0.29, 0.717) is 29.8 Å². The predicted molar refractivity (Wildman–Crippen MR) is 94.5 cm³/mol. The van der Waals surface area contributed by atoms with Crippen LogP contribution in [-0.2, 0) is 4.74 Å². The molecular formula is C19H19FN4O2. The number of rotatable bonds is 3. The Kier molecular flexibility index (Phi) is 4.38. The van der Waals surface area contributed by atoms with E-state index in [0.717, 1.165) is 17.5 Å². The van der Waals surface area contributed by atoms with Crippen LogP contribution in [0.4, 0.5) is 4.39 Å². The molecule has 7 heteroatoms. The second-order valence-electron chi connectivity index (χ2n) is 6.65. The number of ether oxygens (including phenoxy) is 1. The Hall–Kier alpha value is -2.80. The molecule has 3 heterocycles. The monoisotopic (exact) mass is 354 g/mol. The van der Waals surface area contributed by atoms with Gasteiger partial charge in [-0.05, 0) is 36.6 Å². The largest absolute Gasteiger partial charge is 0.379 e. The van der Waals surface area contributed by atoms with Crippen molar-refractivity contribution in [3.63, 3.8) is 0 Å². The highest BCUT2D eigenvalue weighted by Gasteiger charge is 2.26. The normalized spacial score (nSPS) is 20.2. The molecule has 6 nitrogen and oxygen atoms in total. The van der Waals surface area contributed by atoms with Gasteiger partial charge >= 0.3 is 0 Å². The molecule has 1 aromatic carbocycles. The smallest absolute Gasteiger partial charge is 0.268 e. The lowest BCUT2D eigenvalue weighted by molar-refractivity contribution is 0.0503. The summed E-state index contributed by atoms with van der Waals surface area (Å²) in [5, 5.41) is 3.40. The third kappa shape index (κ3) is 3.17. The number of aromatic nitrogens is 3. The molecular weight excluding hydrogens is 335 g/mol. The van der Waals surface area contributed by atoms with Gasteiger partial charge in [0, 0.05) is 23.7 Å². The quantitative estimate of drug-likeness (QED) is 0.758. The number of hydrogen-bond acceptors (Lipinski definition) is 4. The number of aryl methyl sites for hydroxylation is 1. The molecule has 0 aliphatic carbocycles. The molecule has 1 amide bonds. The molecule has 0 spiro atoms. The summed E-state index contributed by atoms with van der Waals surface area (Å²) in [5.41, 5.74) is 2.88. The van der Waals surface area contributed by atoms with Crippen LogP contribution in [0.3, 0.4) is 0 Å². The number of H-pyrrole nitrogens is 1.